The van der Waals surface area contributed by atoms with Crippen molar-refractivity contribution in [2.75, 3.05) is 18.4 Å². The Labute approximate surface area is 159 Å². The molecular weight excluding hydrogens is 364 g/mol. The third-order valence-electron chi connectivity index (χ3n) is 4.52. The highest BCUT2D eigenvalue weighted by Crippen LogP contribution is 2.16. The number of pyridine rings is 1. The summed E-state index contributed by atoms with van der Waals surface area (Å²) in [6, 6.07) is 9.57. The van der Waals surface area contributed by atoms with Crippen LogP contribution in [0.15, 0.2) is 53.7 Å². The van der Waals surface area contributed by atoms with E-state index in [1.807, 2.05) is 4.90 Å². The number of amides is 2. The van der Waals surface area contributed by atoms with E-state index >= 15 is 0 Å². The minimum absolute atomic E-state index is 0.136. The van der Waals surface area contributed by atoms with Crippen LogP contribution in [-0.2, 0) is 16.6 Å². The Bertz CT molecular complexity index is 846. The molecule has 2 aromatic rings. The fraction of sp³-hybridized carbons (Fsp3) is 0.368. The first-order valence-electron chi connectivity index (χ1n) is 9.09. The van der Waals surface area contributed by atoms with Crippen LogP contribution in [-0.4, -0.2) is 37.4 Å². The van der Waals surface area contributed by atoms with Gasteiger partial charge in [-0.05, 0) is 54.8 Å². The van der Waals surface area contributed by atoms with Crippen molar-refractivity contribution in [3.63, 3.8) is 0 Å². The van der Waals surface area contributed by atoms with E-state index in [9.17, 15) is 13.2 Å². The molecule has 1 aromatic carbocycles. The lowest BCUT2D eigenvalue weighted by Crippen LogP contribution is -2.35. The Morgan fingerprint density at radius 2 is 1.59 bits per heavy atom. The van der Waals surface area contributed by atoms with E-state index in [0.29, 0.717) is 5.69 Å². The normalized spacial score (nSPS) is 15.2. The number of rotatable bonds is 5. The molecule has 144 valence electrons. The van der Waals surface area contributed by atoms with Gasteiger partial charge in [-0.3, -0.25) is 4.98 Å². The molecule has 0 bridgehead atoms. The minimum Gasteiger partial charge on any atom is -0.325 e. The second kappa shape index (κ2) is 8.96. The number of urea groups is 1. The van der Waals surface area contributed by atoms with Crippen molar-refractivity contribution in [1.29, 1.82) is 0 Å². The van der Waals surface area contributed by atoms with Crippen LogP contribution < -0.4 is 10.0 Å². The molecule has 0 saturated carbocycles. The molecule has 0 spiro atoms. The lowest BCUT2D eigenvalue weighted by Gasteiger charge is -2.20. The third kappa shape index (κ3) is 5.51. The third-order valence-corrected chi connectivity index (χ3v) is 5.94. The highest BCUT2D eigenvalue weighted by molar-refractivity contribution is 7.89. The van der Waals surface area contributed by atoms with Crippen molar-refractivity contribution in [3.8, 4) is 0 Å². The van der Waals surface area contributed by atoms with E-state index in [1.54, 1.807) is 36.7 Å². The standard InChI is InChI=1S/C19H24N4O3S/c24-19(23-13-3-1-2-4-14-23)22-17-5-7-18(8-6-17)27(25,26)21-15-16-9-11-20-12-10-16/h5-12,21H,1-4,13-15H2,(H,22,24). The van der Waals surface area contributed by atoms with Gasteiger partial charge in [0, 0.05) is 37.7 Å². The summed E-state index contributed by atoms with van der Waals surface area (Å²) in [5.41, 5.74) is 1.41. The van der Waals surface area contributed by atoms with Crippen molar-refractivity contribution in [3.05, 3.63) is 54.4 Å². The zero-order chi connectivity index (χ0) is 19.1. The van der Waals surface area contributed by atoms with Crippen LogP contribution >= 0.6 is 0 Å². The summed E-state index contributed by atoms with van der Waals surface area (Å²) in [6.45, 7) is 1.72. The number of carbonyl (C=O) groups is 1. The molecule has 0 aliphatic carbocycles. The van der Waals surface area contributed by atoms with Crippen molar-refractivity contribution < 1.29 is 13.2 Å². The molecule has 0 radical (unpaired) electrons. The maximum atomic E-state index is 12.4. The molecule has 7 nitrogen and oxygen atoms in total. The molecule has 2 heterocycles. The second-order valence-corrected chi connectivity index (χ2v) is 8.30. The smallest absolute Gasteiger partial charge is 0.321 e. The van der Waals surface area contributed by atoms with Crippen molar-refractivity contribution >= 4 is 21.7 Å². The zero-order valence-corrected chi connectivity index (χ0v) is 15.9. The van der Waals surface area contributed by atoms with Crippen LogP contribution in [0.5, 0.6) is 0 Å². The molecular formula is C19H24N4O3S. The predicted octanol–water partition coefficient (Wildman–Crippen LogP) is 2.97. The molecule has 1 aliphatic heterocycles. The number of aromatic nitrogens is 1. The van der Waals surface area contributed by atoms with Gasteiger partial charge in [-0.2, -0.15) is 0 Å². The van der Waals surface area contributed by atoms with Gasteiger partial charge in [-0.25, -0.2) is 17.9 Å². The average Bonchev–Trinajstić information content (AvgIpc) is 2.97. The van der Waals surface area contributed by atoms with Gasteiger partial charge in [0.15, 0.2) is 0 Å². The minimum atomic E-state index is -3.62. The van der Waals surface area contributed by atoms with E-state index in [1.165, 1.54) is 12.1 Å². The first-order chi connectivity index (χ1) is 13.0. The van der Waals surface area contributed by atoms with E-state index in [-0.39, 0.29) is 17.5 Å². The molecule has 1 aromatic heterocycles. The molecule has 27 heavy (non-hydrogen) atoms. The molecule has 8 heteroatoms. The molecule has 2 amide bonds. The summed E-state index contributed by atoms with van der Waals surface area (Å²) in [7, 11) is -3.62. The Hall–Kier alpha value is -2.45. The number of benzene rings is 1. The Kier molecular flexibility index (Phi) is 6.41. The molecule has 2 N–H and O–H groups in total. The number of likely N-dealkylation sites (tertiary alicyclic amines) is 1. The second-order valence-electron chi connectivity index (χ2n) is 6.54. The number of carbonyl (C=O) groups excluding carboxylic acids is 1. The average molecular weight is 388 g/mol. The van der Waals surface area contributed by atoms with Crippen molar-refractivity contribution in [2.24, 2.45) is 0 Å². The number of hydrogen-bond donors (Lipinski definition) is 2. The lowest BCUT2D eigenvalue weighted by atomic mass is 10.2. The van der Waals surface area contributed by atoms with Crippen LogP contribution in [0, 0.1) is 0 Å². The quantitative estimate of drug-likeness (QED) is 0.824. The van der Waals surface area contributed by atoms with E-state index < -0.39 is 10.0 Å². The largest absolute Gasteiger partial charge is 0.325 e. The highest BCUT2D eigenvalue weighted by Gasteiger charge is 2.17. The van der Waals surface area contributed by atoms with Gasteiger partial charge in [0.05, 0.1) is 4.90 Å². The summed E-state index contributed by atoms with van der Waals surface area (Å²) in [6.07, 6.45) is 7.59. The fourth-order valence-electron chi connectivity index (χ4n) is 2.96. The van der Waals surface area contributed by atoms with Gasteiger partial charge in [0.1, 0.15) is 0 Å². The molecule has 1 aliphatic rings. The maximum Gasteiger partial charge on any atom is 0.321 e. The highest BCUT2D eigenvalue weighted by atomic mass is 32.2. The van der Waals surface area contributed by atoms with Crippen LogP contribution in [0.1, 0.15) is 31.2 Å². The lowest BCUT2D eigenvalue weighted by molar-refractivity contribution is 0.214. The Morgan fingerprint density at radius 3 is 2.22 bits per heavy atom. The van der Waals surface area contributed by atoms with Crippen LogP contribution in [0.4, 0.5) is 10.5 Å². The van der Waals surface area contributed by atoms with Gasteiger partial charge in [0.25, 0.3) is 0 Å². The number of nitrogens with zero attached hydrogens (tertiary/aromatic N) is 2. The maximum absolute atomic E-state index is 12.4. The van der Waals surface area contributed by atoms with E-state index in [4.69, 9.17) is 0 Å². The molecule has 1 fully saturated rings. The Balaban J connectivity index is 1.59. The van der Waals surface area contributed by atoms with E-state index in [2.05, 4.69) is 15.0 Å². The summed E-state index contributed by atoms with van der Waals surface area (Å²) < 4.78 is 27.4. The molecule has 0 unspecified atom stereocenters. The van der Waals surface area contributed by atoms with Gasteiger partial charge >= 0.3 is 6.03 Å². The summed E-state index contributed by atoms with van der Waals surface area (Å²) >= 11 is 0. The molecule has 3 rings (SSSR count). The fourth-order valence-corrected chi connectivity index (χ4v) is 3.97. The number of nitrogens with one attached hydrogen (secondary N) is 2. The molecule has 1 saturated heterocycles. The monoisotopic (exact) mass is 388 g/mol. The topological polar surface area (TPSA) is 91.4 Å². The van der Waals surface area contributed by atoms with Gasteiger partial charge in [-0.15, -0.1) is 0 Å². The number of sulfonamides is 1. The van der Waals surface area contributed by atoms with Gasteiger partial charge < -0.3 is 10.2 Å². The first-order valence-corrected chi connectivity index (χ1v) is 10.6. The summed E-state index contributed by atoms with van der Waals surface area (Å²) in [4.78, 5) is 18.2. The van der Waals surface area contributed by atoms with Gasteiger partial charge in [0.2, 0.25) is 10.0 Å². The van der Waals surface area contributed by atoms with Crippen LogP contribution in [0.3, 0.4) is 0 Å². The van der Waals surface area contributed by atoms with Crippen molar-refractivity contribution in [2.45, 2.75) is 37.1 Å². The van der Waals surface area contributed by atoms with Crippen LogP contribution in [0.2, 0.25) is 0 Å². The van der Waals surface area contributed by atoms with Crippen LogP contribution in [0.25, 0.3) is 0 Å². The molecule has 0 atom stereocenters. The summed E-state index contributed by atoms with van der Waals surface area (Å²) in [5, 5.41) is 2.84. The summed E-state index contributed by atoms with van der Waals surface area (Å²) in [5.74, 6) is 0. The Morgan fingerprint density at radius 1 is 0.963 bits per heavy atom. The van der Waals surface area contributed by atoms with E-state index in [0.717, 1.165) is 44.3 Å². The van der Waals surface area contributed by atoms with Crippen molar-refractivity contribution in [1.82, 2.24) is 14.6 Å². The number of anilines is 1. The SMILES string of the molecule is O=C(Nc1ccc(S(=O)(=O)NCc2ccncc2)cc1)N1CCCCCC1. The predicted molar refractivity (Wildman–Crippen MR) is 104 cm³/mol. The zero-order valence-electron chi connectivity index (χ0n) is 15.1. The first kappa shape index (κ1) is 19.3. The number of hydrogen-bond acceptors (Lipinski definition) is 4. The van der Waals surface area contributed by atoms with Gasteiger partial charge in [-0.1, -0.05) is 12.8 Å².